The maximum absolute atomic E-state index is 4.98. The van der Waals surface area contributed by atoms with E-state index in [2.05, 4.69) is 140 Å². The molecule has 3 nitrogen and oxygen atoms in total. The zero-order chi connectivity index (χ0) is 32.6. The summed E-state index contributed by atoms with van der Waals surface area (Å²) in [6.07, 6.45) is 0. The molecule has 2 heterocycles. The van der Waals surface area contributed by atoms with Crippen LogP contribution in [0, 0.1) is 0 Å². The van der Waals surface area contributed by atoms with Crippen molar-refractivity contribution in [3.05, 3.63) is 176 Å². The summed E-state index contributed by atoms with van der Waals surface area (Å²) in [6.45, 7) is 0. The lowest BCUT2D eigenvalue weighted by Gasteiger charge is -2.10. The van der Waals surface area contributed by atoms with E-state index in [1.807, 2.05) is 47.7 Å². The molecule has 4 heteroatoms. The highest BCUT2D eigenvalue weighted by molar-refractivity contribution is 7.25. The number of hydrogen-bond donors (Lipinski definition) is 0. The molecule has 9 aromatic rings. The third-order valence-corrected chi connectivity index (χ3v) is 10.1. The molecule has 0 aliphatic heterocycles. The molecular weight excluding hydrogens is 615 g/mol. The van der Waals surface area contributed by atoms with Gasteiger partial charge in [-0.15, -0.1) is 11.3 Å². The first-order valence-electron chi connectivity index (χ1n) is 16.4. The van der Waals surface area contributed by atoms with E-state index >= 15 is 0 Å². The average Bonchev–Trinajstić information content (AvgIpc) is 3.56. The second kappa shape index (κ2) is 12.4. The zero-order valence-electron chi connectivity index (χ0n) is 26.5. The van der Waals surface area contributed by atoms with Gasteiger partial charge in [-0.3, -0.25) is 0 Å². The number of rotatable bonds is 6. The first-order valence-corrected chi connectivity index (χ1v) is 17.2. The second-order valence-electron chi connectivity index (χ2n) is 12.1. The summed E-state index contributed by atoms with van der Waals surface area (Å²) >= 11 is 1.85. The molecule has 0 saturated carbocycles. The van der Waals surface area contributed by atoms with Gasteiger partial charge in [0, 0.05) is 36.9 Å². The number of nitrogens with zero attached hydrogens (tertiary/aromatic N) is 3. The van der Waals surface area contributed by atoms with Crippen molar-refractivity contribution in [1.29, 1.82) is 0 Å². The SMILES string of the molecule is c1ccc(-c2ccc(-c3nc(-c4ccccc4)nc(-c4ccc(-c5ccc6c(c5)sc5ccc(-c7ccccc7)cc56)cc4)n3)cc2)cc1. The molecule has 0 amide bonds. The van der Waals surface area contributed by atoms with Crippen molar-refractivity contribution in [2.75, 3.05) is 0 Å². The lowest BCUT2D eigenvalue weighted by Crippen LogP contribution is -2.00. The molecule has 0 spiro atoms. The number of benzene rings is 7. The number of hydrogen-bond acceptors (Lipinski definition) is 4. The highest BCUT2D eigenvalue weighted by atomic mass is 32.1. The maximum Gasteiger partial charge on any atom is 0.164 e. The minimum Gasteiger partial charge on any atom is -0.208 e. The van der Waals surface area contributed by atoms with Crippen LogP contribution < -0.4 is 0 Å². The van der Waals surface area contributed by atoms with Gasteiger partial charge in [0.25, 0.3) is 0 Å². The van der Waals surface area contributed by atoms with E-state index < -0.39 is 0 Å². The minimum atomic E-state index is 0.650. The van der Waals surface area contributed by atoms with Gasteiger partial charge >= 0.3 is 0 Å². The van der Waals surface area contributed by atoms with Crippen molar-refractivity contribution in [3.63, 3.8) is 0 Å². The van der Waals surface area contributed by atoms with Crippen molar-refractivity contribution in [3.8, 4) is 67.5 Å². The highest BCUT2D eigenvalue weighted by Gasteiger charge is 2.14. The Labute approximate surface area is 288 Å². The van der Waals surface area contributed by atoms with E-state index in [1.165, 1.54) is 42.4 Å². The topological polar surface area (TPSA) is 38.7 Å². The molecule has 2 aromatic heterocycles. The highest BCUT2D eigenvalue weighted by Crippen LogP contribution is 2.39. The van der Waals surface area contributed by atoms with Gasteiger partial charge in [-0.2, -0.15) is 0 Å². The van der Waals surface area contributed by atoms with Crippen LogP contribution in [0.3, 0.4) is 0 Å². The molecule has 0 atom stereocenters. The van der Waals surface area contributed by atoms with Gasteiger partial charge in [-0.25, -0.2) is 15.0 Å². The van der Waals surface area contributed by atoms with Crippen LogP contribution in [0.15, 0.2) is 176 Å². The predicted octanol–water partition coefficient (Wildman–Crippen LogP) is 12.2. The molecular formula is C45H29N3S. The fourth-order valence-electron chi connectivity index (χ4n) is 6.37. The maximum atomic E-state index is 4.98. The van der Waals surface area contributed by atoms with Gasteiger partial charge in [0.05, 0.1) is 0 Å². The quantitative estimate of drug-likeness (QED) is 0.181. The second-order valence-corrected chi connectivity index (χ2v) is 13.2. The average molecular weight is 644 g/mol. The smallest absolute Gasteiger partial charge is 0.164 e. The van der Waals surface area contributed by atoms with Crippen LogP contribution in [0.5, 0.6) is 0 Å². The molecule has 0 radical (unpaired) electrons. The van der Waals surface area contributed by atoms with Gasteiger partial charge < -0.3 is 0 Å². The minimum absolute atomic E-state index is 0.650. The van der Waals surface area contributed by atoms with E-state index in [4.69, 9.17) is 15.0 Å². The Morgan fingerprint density at radius 1 is 0.265 bits per heavy atom. The monoisotopic (exact) mass is 643 g/mol. The molecule has 0 bridgehead atoms. The van der Waals surface area contributed by atoms with Crippen molar-refractivity contribution < 1.29 is 0 Å². The summed E-state index contributed by atoms with van der Waals surface area (Å²) in [5, 5.41) is 2.60. The standard InChI is InChI=1S/C45H29N3S/c1-4-10-30(11-5-1)32-16-20-35(21-17-32)44-46-43(34-14-8-3-9-15-34)47-45(48-44)36-22-18-33(19-23-36)38-24-26-39-40-28-37(31-12-6-2-7-13-31)25-27-41(40)49-42(39)29-38/h1-29H. The third-order valence-electron chi connectivity index (χ3n) is 8.97. The number of fused-ring (bicyclic) bond motifs is 3. The lowest BCUT2D eigenvalue weighted by molar-refractivity contribution is 1.07. The molecule has 230 valence electrons. The summed E-state index contributed by atoms with van der Waals surface area (Å²) in [6, 6.07) is 61.7. The summed E-state index contributed by atoms with van der Waals surface area (Å²) in [5.74, 6) is 1.96. The fraction of sp³-hybridized carbons (Fsp3) is 0. The first-order chi connectivity index (χ1) is 24.2. The fourth-order valence-corrected chi connectivity index (χ4v) is 7.50. The van der Waals surface area contributed by atoms with Crippen molar-refractivity contribution in [2.45, 2.75) is 0 Å². The van der Waals surface area contributed by atoms with Crippen LogP contribution in [-0.4, -0.2) is 15.0 Å². The van der Waals surface area contributed by atoms with Crippen molar-refractivity contribution in [2.24, 2.45) is 0 Å². The molecule has 0 saturated heterocycles. The van der Waals surface area contributed by atoms with Gasteiger partial charge in [0.2, 0.25) is 0 Å². The van der Waals surface area contributed by atoms with Crippen LogP contribution in [0.4, 0.5) is 0 Å². The molecule has 7 aromatic carbocycles. The van der Waals surface area contributed by atoms with E-state index in [9.17, 15) is 0 Å². The van der Waals surface area contributed by atoms with Crippen LogP contribution in [0.1, 0.15) is 0 Å². The van der Waals surface area contributed by atoms with Crippen molar-refractivity contribution >= 4 is 31.5 Å². The lowest BCUT2D eigenvalue weighted by atomic mass is 10.0. The summed E-state index contributed by atoms with van der Waals surface area (Å²) in [4.78, 5) is 14.8. The first kappa shape index (κ1) is 29.0. The molecule has 0 N–H and O–H groups in total. The van der Waals surface area contributed by atoms with Crippen molar-refractivity contribution in [1.82, 2.24) is 15.0 Å². The molecule has 0 unspecified atom stereocenters. The van der Waals surface area contributed by atoms with E-state index in [-0.39, 0.29) is 0 Å². The van der Waals surface area contributed by atoms with Gasteiger partial charge in [0.15, 0.2) is 17.5 Å². The summed E-state index contributed by atoms with van der Waals surface area (Å²) in [5.41, 5.74) is 10.0. The third kappa shape index (κ3) is 5.69. The van der Waals surface area contributed by atoms with Gasteiger partial charge in [0.1, 0.15) is 0 Å². The molecule has 49 heavy (non-hydrogen) atoms. The Morgan fingerprint density at radius 3 is 1.18 bits per heavy atom. The molecule has 0 aliphatic carbocycles. The normalized spacial score (nSPS) is 11.3. The Morgan fingerprint density at radius 2 is 0.633 bits per heavy atom. The van der Waals surface area contributed by atoms with Crippen LogP contribution in [0.25, 0.3) is 87.7 Å². The van der Waals surface area contributed by atoms with Gasteiger partial charge in [-0.1, -0.05) is 158 Å². The summed E-state index contributed by atoms with van der Waals surface area (Å²) < 4.78 is 2.59. The Hall–Kier alpha value is -6.23. The Bertz CT molecular complexity index is 2560. The molecule has 0 fully saturated rings. The Balaban J connectivity index is 1.06. The van der Waals surface area contributed by atoms with Crippen LogP contribution >= 0.6 is 11.3 Å². The van der Waals surface area contributed by atoms with E-state index in [1.54, 1.807) is 0 Å². The molecule has 9 rings (SSSR count). The summed E-state index contributed by atoms with van der Waals surface area (Å²) in [7, 11) is 0. The van der Waals surface area contributed by atoms with Crippen LogP contribution in [0.2, 0.25) is 0 Å². The number of aromatic nitrogens is 3. The molecule has 0 aliphatic rings. The zero-order valence-corrected chi connectivity index (χ0v) is 27.3. The van der Waals surface area contributed by atoms with E-state index in [0.717, 1.165) is 27.8 Å². The largest absolute Gasteiger partial charge is 0.208 e. The Kier molecular flexibility index (Phi) is 7.34. The van der Waals surface area contributed by atoms with Gasteiger partial charge in [-0.05, 0) is 51.6 Å². The van der Waals surface area contributed by atoms with E-state index in [0.29, 0.717) is 17.5 Å². The predicted molar refractivity (Wildman–Crippen MR) is 205 cm³/mol. The van der Waals surface area contributed by atoms with Crippen LogP contribution in [-0.2, 0) is 0 Å². The number of thiophene rings is 1.